The molecule has 0 saturated carbocycles. The summed E-state index contributed by atoms with van der Waals surface area (Å²) in [4.78, 5) is 4.02. The van der Waals surface area contributed by atoms with Crippen LogP contribution in [0.5, 0.6) is 5.75 Å². The van der Waals surface area contributed by atoms with Crippen LogP contribution in [0.25, 0.3) is 11.6 Å². The van der Waals surface area contributed by atoms with Crippen molar-refractivity contribution in [2.75, 3.05) is 12.5 Å². The first kappa shape index (κ1) is 17.3. The summed E-state index contributed by atoms with van der Waals surface area (Å²) in [5.41, 5.74) is 3.60. The van der Waals surface area contributed by atoms with E-state index >= 15 is 0 Å². The largest absolute Gasteiger partial charge is 0.492 e. The Morgan fingerprint density at radius 1 is 1.08 bits per heavy atom. The number of imidazole rings is 1. The molecule has 0 radical (unpaired) electrons. The molecule has 2 aromatic carbocycles. The Morgan fingerprint density at radius 3 is 2.56 bits per heavy atom. The van der Waals surface area contributed by atoms with E-state index in [0.717, 1.165) is 24.3 Å². The van der Waals surface area contributed by atoms with Gasteiger partial charge in [-0.3, -0.25) is 0 Å². The average Bonchev–Trinajstić information content (AvgIpc) is 3.17. The minimum atomic E-state index is 0.607. The van der Waals surface area contributed by atoms with Gasteiger partial charge in [-0.15, -0.1) is 11.6 Å². The van der Waals surface area contributed by atoms with Crippen LogP contribution in [0.2, 0.25) is 0 Å². The monoisotopic (exact) mass is 352 g/mol. The molecule has 128 valence electrons. The first-order chi connectivity index (χ1) is 12.3. The molecule has 1 heterocycles. The highest BCUT2D eigenvalue weighted by Crippen LogP contribution is 2.23. The topological polar surface area (TPSA) is 27.1 Å². The Kier molecular flexibility index (Phi) is 6.29. The standard InChI is InChI=1S/C21H21ClN2O/c22-11-10-20(19-4-2-1-3-5-19)16-18-6-8-21(9-7-18)25-15-14-24-13-12-23-17-24/h1-9,12-13,16-17H,10-11,14-15H2. The molecule has 1 aromatic heterocycles. The highest BCUT2D eigenvalue weighted by atomic mass is 35.5. The Morgan fingerprint density at radius 2 is 1.88 bits per heavy atom. The minimum absolute atomic E-state index is 0.607. The number of hydrogen-bond donors (Lipinski definition) is 0. The number of rotatable bonds is 8. The second kappa shape index (κ2) is 9.09. The summed E-state index contributed by atoms with van der Waals surface area (Å²) in [5, 5.41) is 0. The second-order valence-corrected chi connectivity index (χ2v) is 6.07. The van der Waals surface area contributed by atoms with Crippen LogP contribution in [-0.4, -0.2) is 22.0 Å². The van der Waals surface area contributed by atoms with E-state index in [0.29, 0.717) is 12.5 Å². The van der Waals surface area contributed by atoms with Gasteiger partial charge >= 0.3 is 0 Å². The molecule has 0 amide bonds. The smallest absolute Gasteiger partial charge is 0.119 e. The van der Waals surface area contributed by atoms with Gasteiger partial charge in [0.1, 0.15) is 12.4 Å². The molecule has 0 atom stereocenters. The lowest BCUT2D eigenvalue weighted by Crippen LogP contribution is -2.06. The van der Waals surface area contributed by atoms with Crippen LogP contribution < -0.4 is 4.74 Å². The number of halogens is 1. The first-order valence-electron chi connectivity index (χ1n) is 8.36. The first-order valence-corrected chi connectivity index (χ1v) is 8.89. The summed E-state index contributed by atoms with van der Waals surface area (Å²) in [6.45, 7) is 1.41. The number of alkyl halides is 1. The molecule has 0 N–H and O–H groups in total. The Hall–Kier alpha value is -2.52. The molecule has 0 spiro atoms. The van der Waals surface area contributed by atoms with Crippen LogP contribution in [0.4, 0.5) is 0 Å². The molecular formula is C21H21ClN2O. The normalized spacial score (nSPS) is 11.5. The van der Waals surface area contributed by atoms with Gasteiger partial charge in [0.25, 0.3) is 0 Å². The zero-order chi connectivity index (χ0) is 17.3. The summed E-state index contributed by atoms with van der Waals surface area (Å²) in [5.74, 6) is 1.48. The van der Waals surface area contributed by atoms with Gasteiger partial charge in [-0.2, -0.15) is 0 Å². The Bertz CT molecular complexity index is 781. The van der Waals surface area contributed by atoms with Crippen molar-refractivity contribution < 1.29 is 4.74 Å². The predicted octanol–water partition coefficient (Wildman–Crippen LogP) is 5.13. The van der Waals surface area contributed by atoms with E-state index in [9.17, 15) is 0 Å². The maximum absolute atomic E-state index is 5.97. The van der Waals surface area contributed by atoms with Gasteiger partial charge in [-0.25, -0.2) is 4.98 Å². The van der Waals surface area contributed by atoms with E-state index < -0.39 is 0 Å². The fourth-order valence-corrected chi connectivity index (χ4v) is 2.81. The fraction of sp³-hybridized carbons (Fsp3) is 0.190. The molecule has 25 heavy (non-hydrogen) atoms. The van der Waals surface area contributed by atoms with E-state index in [2.05, 4.69) is 47.5 Å². The van der Waals surface area contributed by atoms with Gasteiger partial charge in [0, 0.05) is 18.3 Å². The molecule has 0 aliphatic heterocycles. The zero-order valence-corrected chi connectivity index (χ0v) is 14.8. The highest BCUT2D eigenvalue weighted by molar-refractivity contribution is 6.18. The van der Waals surface area contributed by atoms with Crippen LogP contribution in [-0.2, 0) is 6.54 Å². The van der Waals surface area contributed by atoms with Crippen molar-refractivity contribution >= 4 is 23.3 Å². The van der Waals surface area contributed by atoms with Gasteiger partial charge in [-0.1, -0.05) is 48.5 Å². The molecule has 4 heteroatoms. The van der Waals surface area contributed by atoms with Crippen molar-refractivity contribution in [2.45, 2.75) is 13.0 Å². The van der Waals surface area contributed by atoms with Gasteiger partial charge < -0.3 is 9.30 Å². The molecule has 0 bridgehead atoms. The summed E-state index contributed by atoms with van der Waals surface area (Å²) in [7, 11) is 0. The van der Waals surface area contributed by atoms with Crippen LogP contribution in [0.15, 0.2) is 73.3 Å². The average molecular weight is 353 g/mol. The van der Waals surface area contributed by atoms with E-state index in [4.69, 9.17) is 16.3 Å². The maximum Gasteiger partial charge on any atom is 0.119 e. The van der Waals surface area contributed by atoms with Crippen molar-refractivity contribution in [2.24, 2.45) is 0 Å². The lowest BCUT2D eigenvalue weighted by atomic mass is 10.0. The SMILES string of the molecule is ClCCC(=Cc1ccc(OCCn2ccnc2)cc1)c1ccccc1. The molecule has 0 saturated heterocycles. The van der Waals surface area contributed by atoms with E-state index in [1.807, 2.05) is 29.0 Å². The van der Waals surface area contributed by atoms with Crippen molar-refractivity contribution in [3.8, 4) is 5.75 Å². The van der Waals surface area contributed by atoms with Crippen molar-refractivity contribution in [3.05, 3.63) is 84.4 Å². The maximum atomic E-state index is 5.97. The number of allylic oxidation sites excluding steroid dienone is 1. The zero-order valence-electron chi connectivity index (χ0n) is 14.0. The van der Waals surface area contributed by atoms with Crippen LogP contribution >= 0.6 is 11.6 Å². The number of nitrogens with zero attached hydrogens (tertiary/aromatic N) is 2. The summed E-state index contributed by atoms with van der Waals surface area (Å²) in [6, 6.07) is 18.5. The molecular weight excluding hydrogens is 332 g/mol. The van der Waals surface area contributed by atoms with Crippen molar-refractivity contribution in [3.63, 3.8) is 0 Å². The van der Waals surface area contributed by atoms with Crippen LogP contribution in [0, 0.1) is 0 Å². The second-order valence-electron chi connectivity index (χ2n) is 5.69. The molecule has 0 aliphatic rings. The van der Waals surface area contributed by atoms with Crippen molar-refractivity contribution in [1.82, 2.24) is 9.55 Å². The lowest BCUT2D eigenvalue weighted by Gasteiger charge is -2.08. The van der Waals surface area contributed by atoms with E-state index in [1.165, 1.54) is 11.1 Å². The van der Waals surface area contributed by atoms with E-state index in [1.54, 1.807) is 12.5 Å². The third kappa shape index (κ3) is 5.23. The number of benzene rings is 2. The lowest BCUT2D eigenvalue weighted by molar-refractivity contribution is 0.298. The van der Waals surface area contributed by atoms with Crippen LogP contribution in [0.3, 0.4) is 0 Å². The quantitative estimate of drug-likeness (QED) is 0.415. The van der Waals surface area contributed by atoms with Gasteiger partial charge in [0.2, 0.25) is 0 Å². The molecule has 3 rings (SSSR count). The van der Waals surface area contributed by atoms with Gasteiger partial charge in [0.05, 0.1) is 12.9 Å². The van der Waals surface area contributed by atoms with Gasteiger partial charge in [-0.05, 0) is 35.3 Å². The van der Waals surface area contributed by atoms with E-state index in [-0.39, 0.29) is 0 Å². The van der Waals surface area contributed by atoms with Crippen molar-refractivity contribution in [1.29, 1.82) is 0 Å². The number of ether oxygens (including phenoxy) is 1. The van der Waals surface area contributed by atoms with Gasteiger partial charge in [0.15, 0.2) is 0 Å². The molecule has 3 nitrogen and oxygen atoms in total. The third-order valence-electron chi connectivity index (χ3n) is 3.91. The summed E-state index contributed by atoms with van der Waals surface area (Å²) in [6.07, 6.45) is 8.52. The predicted molar refractivity (Wildman–Crippen MR) is 104 cm³/mol. The van der Waals surface area contributed by atoms with Crippen LogP contribution in [0.1, 0.15) is 17.5 Å². The number of aromatic nitrogens is 2. The summed E-state index contributed by atoms with van der Waals surface area (Å²) < 4.78 is 7.78. The summed E-state index contributed by atoms with van der Waals surface area (Å²) >= 11 is 5.97. The highest BCUT2D eigenvalue weighted by Gasteiger charge is 2.02. The molecule has 3 aromatic rings. The minimum Gasteiger partial charge on any atom is -0.492 e. The molecule has 0 unspecified atom stereocenters. The number of hydrogen-bond acceptors (Lipinski definition) is 2. The Labute approximate surface area is 153 Å². The molecule has 0 aliphatic carbocycles. The molecule has 0 fully saturated rings. The Balaban J connectivity index is 1.64. The fourth-order valence-electron chi connectivity index (χ4n) is 2.60. The third-order valence-corrected chi connectivity index (χ3v) is 4.10.